The summed E-state index contributed by atoms with van der Waals surface area (Å²) in [6.07, 6.45) is 1.01. The first-order valence-corrected chi connectivity index (χ1v) is 9.34. The molecular weight excluding hydrogens is 366 g/mol. The van der Waals surface area contributed by atoms with E-state index < -0.39 is 0 Å². The molecule has 0 saturated carbocycles. The van der Waals surface area contributed by atoms with E-state index in [-0.39, 0.29) is 6.04 Å². The van der Waals surface area contributed by atoms with Crippen LogP contribution in [0.5, 0.6) is 11.5 Å². The van der Waals surface area contributed by atoms with Crippen LogP contribution in [0.4, 0.5) is 0 Å². The van der Waals surface area contributed by atoms with Gasteiger partial charge in [0, 0.05) is 11.0 Å². The summed E-state index contributed by atoms with van der Waals surface area (Å²) in [5.41, 5.74) is 5.15. The fraction of sp³-hybridized carbons (Fsp3) is 0.400. The molecule has 128 valence electrons. The molecule has 1 atom stereocenters. The van der Waals surface area contributed by atoms with Gasteiger partial charge < -0.3 is 14.8 Å². The SMILES string of the molecule is CCOc1cc2c(cc1OCC)C(c1cc(C)cc(Br)c1)NCC2. The van der Waals surface area contributed by atoms with Gasteiger partial charge in [0.1, 0.15) is 0 Å². The van der Waals surface area contributed by atoms with Gasteiger partial charge in [-0.05, 0) is 73.7 Å². The van der Waals surface area contributed by atoms with Crippen LogP contribution in [0.2, 0.25) is 0 Å². The van der Waals surface area contributed by atoms with Crippen LogP contribution in [-0.4, -0.2) is 19.8 Å². The first kappa shape index (κ1) is 17.3. The minimum Gasteiger partial charge on any atom is -0.490 e. The van der Waals surface area contributed by atoms with Crippen LogP contribution in [0.25, 0.3) is 0 Å². The van der Waals surface area contributed by atoms with Crippen molar-refractivity contribution >= 4 is 15.9 Å². The molecule has 3 nitrogen and oxygen atoms in total. The number of hydrogen-bond acceptors (Lipinski definition) is 3. The number of aryl methyl sites for hydroxylation is 1. The zero-order valence-electron chi connectivity index (χ0n) is 14.5. The van der Waals surface area contributed by atoms with Gasteiger partial charge in [-0.15, -0.1) is 0 Å². The first-order valence-electron chi connectivity index (χ1n) is 8.55. The van der Waals surface area contributed by atoms with E-state index in [0.29, 0.717) is 13.2 Å². The number of hydrogen-bond donors (Lipinski definition) is 1. The Morgan fingerprint density at radius 1 is 1.04 bits per heavy atom. The zero-order valence-corrected chi connectivity index (χ0v) is 16.1. The summed E-state index contributed by atoms with van der Waals surface area (Å²) in [6.45, 7) is 8.37. The standard InChI is InChI=1S/C20H24BrNO2/c1-4-23-18-11-14-6-7-22-20(17(14)12-19(18)24-5-2)15-8-13(3)9-16(21)10-15/h8-12,20,22H,4-7H2,1-3H3. The van der Waals surface area contributed by atoms with Crippen molar-refractivity contribution in [3.05, 3.63) is 57.1 Å². The van der Waals surface area contributed by atoms with Crippen molar-refractivity contribution in [2.45, 2.75) is 33.2 Å². The van der Waals surface area contributed by atoms with E-state index in [1.165, 1.54) is 22.3 Å². The van der Waals surface area contributed by atoms with Crippen LogP contribution < -0.4 is 14.8 Å². The summed E-state index contributed by atoms with van der Waals surface area (Å²) in [5.74, 6) is 1.68. The number of benzene rings is 2. The maximum atomic E-state index is 5.83. The molecule has 0 saturated heterocycles. The summed E-state index contributed by atoms with van der Waals surface area (Å²) >= 11 is 3.62. The Kier molecular flexibility index (Phi) is 5.47. The van der Waals surface area contributed by atoms with Crippen LogP contribution >= 0.6 is 15.9 Å². The average molecular weight is 390 g/mol. The number of nitrogens with one attached hydrogen (secondary N) is 1. The van der Waals surface area contributed by atoms with Crippen molar-refractivity contribution in [2.75, 3.05) is 19.8 Å². The van der Waals surface area contributed by atoms with Crippen molar-refractivity contribution in [1.82, 2.24) is 5.32 Å². The Balaban J connectivity index is 2.07. The molecule has 0 fully saturated rings. The van der Waals surface area contributed by atoms with Crippen molar-refractivity contribution < 1.29 is 9.47 Å². The Hall–Kier alpha value is -1.52. The Bertz CT molecular complexity index is 710. The van der Waals surface area contributed by atoms with E-state index in [1.54, 1.807) is 0 Å². The fourth-order valence-electron chi connectivity index (χ4n) is 3.33. The highest BCUT2D eigenvalue weighted by molar-refractivity contribution is 9.10. The second-order valence-electron chi connectivity index (χ2n) is 6.06. The van der Waals surface area contributed by atoms with E-state index >= 15 is 0 Å². The second-order valence-corrected chi connectivity index (χ2v) is 6.98. The van der Waals surface area contributed by atoms with E-state index in [4.69, 9.17) is 9.47 Å². The monoisotopic (exact) mass is 389 g/mol. The molecule has 1 aliphatic heterocycles. The molecule has 2 aromatic rings. The predicted molar refractivity (Wildman–Crippen MR) is 101 cm³/mol. The van der Waals surface area contributed by atoms with E-state index in [0.717, 1.165) is 28.9 Å². The highest BCUT2D eigenvalue weighted by Crippen LogP contribution is 2.38. The minimum atomic E-state index is 0.180. The van der Waals surface area contributed by atoms with Crippen LogP contribution in [0, 0.1) is 6.92 Å². The predicted octanol–water partition coefficient (Wildman–Crippen LogP) is 4.79. The van der Waals surface area contributed by atoms with Crippen LogP contribution in [0.1, 0.15) is 42.1 Å². The van der Waals surface area contributed by atoms with Crippen LogP contribution in [0.3, 0.4) is 0 Å². The quantitative estimate of drug-likeness (QED) is 0.796. The van der Waals surface area contributed by atoms with E-state index in [1.807, 2.05) is 13.8 Å². The molecule has 3 rings (SSSR count). The Labute approximate surface area is 152 Å². The van der Waals surface area contributed by atoms with Gasteiger partial charge >= 0.3 is 0 Å². The molecule has 0 spiro atoms. The zero-order chi connectivity index (χ0) is 17.1. The largest absolute Gasteiger partial charge is 0.490 e. The molecule has 24 heavy (non-hydrogen) atoms. The smallest absolute Gasteiger partial charge is 0.161 e. The molecular formula is C20H24BrNO2. The topological polar surface area (TPSA) is 30.5 Å². The third kappa shape index (κ3) is 3.60. The highest BCUT2D eigenvalue weighted by atomic mass is 79.9. The first-order chi connectivity index (χ1) is 11.6. The average Bonchev–Trinajstić information content (AvgIpc) is 2.54. The number of ether oxygens (including phenoxy) is 2. The molecule has 1 aliphatic rings. The third-order valence-corrected chi connectivity index (χ3v) is 4.71. The second kappa shape index (κ2) is 7.58. The van der Waals surface area contributed by atoms with Gasteiger partial charge in [0.15, 0.2) is 11.5 Å². The van der Waals surface area contributed by atoms with Crippen LogP contribution in [-0.2, 0) is 6.42 Å². The van der Waals surface area contributed by atoms with Gasteiger partial charge in [0.05, 0.1) is 19.3 Å². The maximum absolute atomic E-state index is 5.83. The lowest BCUT2D eigenvalue weighted by Crippen LogP contribution is -2.30. The van der Waals surface area contributed by atoms with Crippen molar-refractivity contribution in [2.24, 2.45) is 0 Å². The molecule has 1 unspecified atom stereocenters. The Morgan fingerprint density at radius 3 is 2.42 bits per heavy atom. The molecule has 0 aromatic heterocycles. The molecule has 1 N–H and O–H groups in total. The van der Waals surface area contributed by atoms with Gasteiger partial charge in [-0.25, -0.2) is 0 Å². The van der Waals surface area contributed by atoms with Crippen molar-refractivity contribution in [3.63, 3.8) is 0 Å². The lowest BCUT2D eigenvalue weighted by Gasteiger charge is -2.29. The molecule has 2 aromatic carbocycles. The van der Waals surface area contributed by atoms with Crippen molar-refractivity contribution in [1.29, 1.82) is 0 Å². The Morgan fingerprint density at radius 2 is 1.75 bits per heavy atom. The number of fused-ring (bicyclic) bond motifs is 1. The summed E-state index contributed by atoms with van der Waals surface area (Å²) in [7, 11) is 0. The van der Waals surface area contributed by atoms with Crippen LogP contribution in [0.15, 0.2) is 34.8 Å². The maximum Gasteiger partial charge on any atom is 0.161 e. The normalized spacial score (nSPS) is 16.6. The number of rotatable bonds is 5. The summed E-state index contributed by atoms with van der Waals surface area (Å²) in [5, 5.41) is 3.65. The third-order valence-electron chi connectivity index (χ3n) is 4.26. The molecule has 4 heteroatoms. The molecule has 1 heterocycles. The van der Waals surface area contributed by atoms with E-state index in [9.17, 15) is 0 Å². The molecule has 0 radical (unpaired) electrons. The molecule has 0 bridgehead atoms. The fourth-order valence-corrected chi connectivity index (χ4v) is 3.95. The number of halogens is 1. The van der Waals surface area contributed by atoms with Gasteiger partial charge in [-0.1, -0.05) is 22.0 Å². The minimum absolute atomic E-state index is 0.180. The molecule has 0 aliphatic carbocycles. The lowest BCUT2D eigenvalue weighted by atomic mass is 9.89. The molecule has 0 amide bonds. The summed E-state index contributed by atoms with van der Waals surface area (Å²) < 4.78 is 12.7. The van der Waals surface area contributed by atoms with Crippen molar-refractivity contribution in [3.8, 4) is 11.5 Å². The summed E-state index contributed by atoms with van der Waals surface area (Å²) in [4.78, 5) is 0. The van der Waals surface area contributed by atoms with E-state index in [2.05, 4.69) is 58.5 Å². The van der Waals surface area contributed by atoms with Gasteiger partial charge in [0.2, 0.25) is 0 Å². The van der Waals surface area contributed by atoms with Gasteiger partial charge in [-0.3, -0.25) is 0 Å². The van der Waals surface area contributed by atoms with Gasteiger partial charge in [0.25, 0.3) is 0 Å². The highest BCUT2D eigenvalue weighted by Gasteiger charge is 2.24. The lowest BCUT2D eigenvalue weighted by molar-refractivity contribution is 0.286. The van der Waals surface area contributed by atoms with Gasteiger partial charge in [-0.2, -0.15) is 0 Å². The summed E-state index contributed by atoms with van der Waals surface area (Å²) in [6, 6.07) is 11.1.